The van der Waals surface area contributed by atoms with E-state index in [0.717, 1.165) is 0 Å². The number of imide groups is 1. The van der Waals surface area contributed by atoms with Crippen LogP contribution >= 0.6 is 0 Å². The third kappa shape index (κ3) is 2.28. The number of rotatable bonds is 2. The van der Waals surface area contributed by atoms with Gasteiger partial charge in [0.15, 0.2) is 0 Å². The molecule has 0 aliphatic carbocycles. The van der Waals surface area contributed by atoms with Gasteiger partial charge in [0.2, 0.25) is 11.8 Å². The number of amides is 2. The summed E-state index contributed by atoms with van der Waals surface area (Å²) in [5, 5.41) is 2.33. The Kier molecular flexibility index (Phi) is 3.45. The predicted octanol–water partition coefficient (Wildman–Crippen LogP) is 2.23. The van der Waals surface area contributed by atoms with E-state index in [0.29, 0.717) is 5.56 Å². The summed E-state index contributed by atoms with van der Waals surface area (Å²) in [7, 11) is 0. The van der Waals surface area contributed by atoms with Crippen molar-refractivity contribution >= 4 is 11.8 Å². The summed E-state index contributed by atoms with van der Waals surface area (Å²) >= 11 is 0. The van der Waals surface area contributed by atoms with Crippen LogP contribution in [0.2, 0.25) is 0 Å². The van der Waals surface area contributed by atoms with Crippen molar-refractivity contribution in [2.24, 2.45) is 11.8 Å². The lowest BCUT2D eigenvalue weighted by Gasteiger charge is -2.33. The highest BCUT2D eigenvalue weighted by Gasteiger charge is 2.39. The van der Waals surface area contributed by atoms with Crippen molar-refractivity contribution in [2.75, 3.05) is 0 Å². The summed E-state index contributed by atoms with van der Waals surface area (Å²) in [5.41, 5.74) is 0.458. The number of benzene rings is 1. The van der Waals surface area contributed by atoms with E-state index in [-0.39, 0.29) is 41.8 Å². The Labute approximate surface area is 105 Å². The Morgan fingerprint density at radius 2 is 1.94 bits per heavy atom. The van der Waals surface area contributed by atoms with Crippen molar-refractivity contribution in [3.63, 3.8) is 0 Å². The van der Waals surface area contributed by atoms with Gasteiger partial charge in [0, 0.05) is 18.3 Å². The highest BCUT2D eigenvalue weighted by molar-refractivity contribution is 6.00. The Bertz CT molecular complexity index is 484. The van der Waals surface area contributed by atoms with Crippen molar-refractivity contribution < 1.29 is 14.0 Å². The molecule has 1 saturated heterocycles. The first-order chi connectivity index (χ1) is 8.50. The zero-order valence-corrected chi connectivity index (χ0v) is 10.4. The maximum atomic E-state index is 13.8. The summed E-state index contributed by atoms with van der Waals surface area (Å²) in [6, 6.07) is 6.35. The fraction of sp³-hybridized carbons (Fsp3) is 0.429. The second-order valence-electron chi connectivity index (χ2n) is 5.01. The van der Waals surface area contributed by atoms with Gasteiger partial charge in [-0.1, -0.05) is 32.0 Å². The number of hydrogen-bond donors (Lipinski definition) is 1. The monoisotopic (exact) mass is 249 g/mol. The summed E-state index contributed by atoms with van der Waals surface area (Å²) in [6.45, 7) is 3.82. The van der Waals surface area contributed by atoms with Gasteiger partial charge in [0.25, 0.3) is 0 Å². The lowest BCUT2D eigenvalue weighted by Crippen LogP contribution is -2.46. The molecule has 3 nitrogen and oxygen atoms in total. The van der Waals surface area contributed by atoms with E-state index >= 15 is 0 Å². The topological polar surface area (TPSA) is 46.2 Å². The smallest absolute Gasteiger partial charge is 0.230 e. The zero-order valence-electron chi connectivity index (χ0n) is 10.4. The standard InChI is InChI=1S/C14H16FNO2/c1-8(2)13-10(7-12(17)16-14(13)18)9-5-3-4-6-11(9)15/h3-6,8,10,13H,7H2,1-2H3,(H,16,17,18). The summed E-state index contributed by atoms with van der Waals surface area (Å²) < 4.78 is 13.8. The lowest BCUT2D eigenvalue weighted by molar-refractivity contribution is -0.138. The molecule has 1 aromatic carbocycles. The molecule has 1 aliphatic rings. The fourth-order valence-electron chi connectivity index (χ4n) is 2.63. The third-order valence-corrected chi connectivity index (χ3v) is 3.43. The van der Waals surface area contributed by atoms with E-state index in [1.165, 1.54) is 6.07 Å². The van der Waals surface area contributed by atoms with E-state index in [4.69, 9.17) is 0 Å². The number of nitrogens with one attached hydrogen (secondary N) is 1. The number of carbonyl (C=O) groups excluding carboxylic acids is 2. The molecule has 1 N–H and O–H groups in total. The van der Waals surface area contributed by atoms with Crippen LogP contribution in [0.3, 0.4) is 0 Å². The molecule has 1 aromatic rings. The van der Waals surface area contributed by atoms with Crippen LogP contribution in [0.1, 0.15) is 31.7 Å². The average Bonchev–Trinajstić information content (AvgIpc) is 2.27. The van der Waals surface area contributed by atoms with Crippen LogP contribution in [-0.2, 0) is 9.59 Å². The van der Waals surface area contributed by atoms with E-state index in [1.54, 1.807) is 18.2 Å². The van der Waals surface area contributed by atoms with Gasteiger partial charge in [-0.25, -0.2) is 4.39 Å². The van der Waals surface area contributed by atoms with E-state index in [2.05, 4.69) is 5.32 Å². The highest BCUT2D eigenvalue weighted by Crippen LogP contribution is 2.36. The molecular formula is C14H16FNO2. The molecule has 0 saturated carbocycles. The number of piperidine rings is 1. The van der Waals surface area contributed by atoms with Gasteiger partial charge in [-0.3, -0.25) is 14.9 Å². The SMILES string of the molecule is CC(C)C1C(=O)NC(=O)CC1c1ccccc1F. The van der Waals surface area contributed by atoms with Crippen molar-refractivity contribution in [3.05, 3.63) is 35.6 Å². The second kappa shape index (κ2) is 4.88. The van der Waals surface area contributed by atoms with Gasteiger partial charge < -0.3 is 0 Å². The van der Waals surface area contributed by atoms with Crippen LogP contribution in [-0.4, -0.2) is 11.8 Å². The number of halogens is 1. The molecular weight excluding hydrogens is 233 g/mol. The van der Waals surface area contributed by atoms with Crippen LogP contribution in [0, 0.1) is 17.7 Å². The minimum absolute atomic E-state index is 0.0581. The molecule has 1 aliphatic heterocycles. The first-order valence-electron chi connectivity index (χ1n) is 6.09. The molecule has 2 rings (SSSR count). The first-order valence-corrected chi connectivity index (χ1v) is 6.09. The Morgan fingerprint density at radius 1 is 1.28 bits per heavy atom. The molecule has 1 heterocycles. The number of hydrogen-bond acceptors (Lipinski definition) is 2. The molecule has 2 atom stereocenters. The summed E-state index contributed by atoms with van der Waals surface area (Å²) in [5.74, 6) is -1.65. The van der Waals surface area contributed by atoms with Crippen molar-refractivity contribution in [2.45, 2.75) is 26.2 Å². The largest absolute Gasteiger partial charge is 0.296 e. The van der Waals surface area contributed by atoms with Gasteiger partial charge in [0.1, 0.15) is 5.82 Å². The highest BCUT2D eigenvalue weighted by atomic mass is 19.1. The van der Waals surface area contributed by atoms with E-state index < -0.39 is 0 Å². The minimum Gasteiger partial charge on any atom is -0.296 e. The normalized spacial score (nSPS) is 24.2. The molecule has 96 valence electrons. The zero-order chi connectivity index (χ0) is 13.3. The number of carbonyl (C=O) groups is 2. The van der Waals surface area contributed by atoms with Crippen LogP contribution in [0.25, 0.3) is 0 Å². The van der Waals surface area contributed by atoms with Crippen LogP contribution in [0.15, 0.2) is 24.3 Å². The first kappa shape index (κ1) is 12.7. The van der Waals surface area contributed by atoms with Gasteiger partial charge in [-0.05, 0) is 17.5 Å². The van der Waals surface area contributed by atoms with Crippen LogP contribution in [0.4, 0.5) is 4.39 Å². The lowest BCUT2D eigenvalue weighted by atomic mass is 9.74. The molecule has 2 unspecified atom stereocenters. The second-order valence-corrected chi connectivity index (χ2v) is 5.01. The quantitative estimate of drug-likeness (QED) is 0.817. The van der Waals surface area contributed by atoms with Crippen molar-refractivity contribution in [1.29, 1.82) is 0 Å². The third-order valence-electron chi connectivity index (χ3n) is 3.43. The molecule has 0 radical (unpaired) electrons. The molecule has 4 heteroatoms. The molecule has 0 spiro atoms. The fourth-order valence-corrected chi connectivity index (χ4v) is 2.63. The summed E-state index contributed by atoms with van der Waals surface area (Å²) in [6.07, 6.45) is 0.162. The van der Waals surface area contributed by atoms with Crippen molar-refractivity contribution in [3.8, 4) is 0 Å². The van der Waals surface area contributed by atoms with Crippen LogP contribution in [0.5, 0.6) is 0 Å². The maximum Gasteiger partial charge on any atom is 0.230 e. The Morgan fingerprint density at radius 3 is 2.56 bits per heavy atom. The van der Waals surface area contributed by atoms with E-state index in [1.807, 2.05) is 13.8 Å². The molecule has 0 aromatic heterocycles. The van der Waals surface area contributed by atoms with Gasteiger partial charge in [0.05, 0.1) is 0 Å². The Hall–Kier alpha value is -1.71. The van der Waals surface area contributed by atoms with E-state index in [9.17, 15) is 14.0 Å². The van der Waals surface area contributed by atoms with Gasteiger partial charge in [-0.15, -0.1) is 0 Å². The molecule has 1 fully saturated rings. The molecule has 0 bridgehead atoms. The Balaban J connectivity index is 2.41. The van der Waals surface area contributed by atoms with Gasteiger partial charge in [-0.2, -0.15) is 0 Å². The van der Waals surface area contributed by atoms with Crippen LogP contribution < -0.4 is 5.32 Å². The maximum absolute atomic E-state index is 13.8. The van der Waals surface area contributed by atoms with Crippen molar-refractivity contribution in [1.82, 2.24) is 5.32 Å². The predicted molar refractivity (Wildman–Crippen MR) is 65.2 cm³/mol. The minimum atomic E-state index is -0.368. The summed E-state index contributed by atoms with van der Waals surface area (Å²) in [4.78, 5) is 23.4. The van der Waals surface area contributed by atoms with Gasteiger partial charge >= 0.3 is 0 Å². The molecule has 18 heavy (non-hydrogen) atoms. The average molecular weight is 249 g/mol. The molecule has 2 amide bonds.